The standard InChI is InChI=1S/C16H20F3NO/c17-16(18,19)13-5-3-11(4-6-13)15(21)9-20-14-8-10-1-2-12(14)7-10/h3-6,10,12,14-15,20-21H,1-2,7-9H2. The lowest BCUT2D eigenvalue weighted by Gasteiger charge is -2.24. The molecule has 0 aliphatic heterocycles. The van der Waals surface area contributed by atoms with E-state index < -0.39 is 17.8 Å². The number of hydrogen-bond donors (Lipinski definition) is 2. The van der Waals surface area contributed by atoms with Gasteiger partial charge in [0.15, 0.2) is 0 Å². The van der Waals surface area contributed by atoms with Crippen LogP contribution in [0.4, 0.5) is 13.2 Å². The molecule has 2 N–H and O–H groups in total. The third-order valence-corrected chi connectivity index (χ3v) is 4.93. The Hall–Kier alpha value is -1.07. The molecule has 1 aromatic carbocycles. The fourth-order valence-electron chi connectivity index (χ4n) is 3.77. The van der Waals surface area contributed by atoms with Crippen LogP contribution in [0.5, 0.6) is 0 Å². The minimum Gasteiger partial charge on any atom is -0.387 e. The van der Waals surface area contributed by atoms with Crippen molar-refractivity contribution in [3.05, 3.63) is 35.4 Å². The van der Waals surface area contributed by atoms with Crippen LogP contribution in [0.1, 0.15) is 42.9 Å². The quantitative estimate of drug-likeness (QED) is 0.891. The summed E-state index contributed by atoms with van der Waals surface area (Å²) in [6.45, 7) is 0.402. The fourth-order valence-corrected chi connectivity index (χ4v) is 3.77. The molecular formula is C16H20F3NO. The van der Waals surface area contributed by atoms with E-state index in [1.54, 1.807) is 0 Å². The zero-order valence-corrected chi connectivity index (χ0v) is 11.7. The Kier molecular flexibility index (Phi) is 3.97. The van der Waals surface area contributed by atoms with Crippen LogP contribution in [0.3, 0.4) is 0 Å². The lowest BCUT2D eigenvalue weighted by Crippen LogP contribution is -2.36. The zero-order chi connectivity index (χ0) is 15.0. The Morgan fingerprint density at radius 1 is 1.14 bits per heavy atom. The van der Waals surface area contributed by atoms with Gasteiger partial charge in [0, 0.05) is 12.6 Å². The van der Waals surface area contributed by atoms with Gasteiger partial charge in [0.05, 0.1) is 11.7 Å². The van der Waals surface area contributed by atoms with Crippen molar-refractivity contribution in [2.75, 3.05) is 6.54 Å². The molecule has 2 fully saturated rings. The molecule has 0 amide bonds. The highest BCUT2D eigenvalue weighted by Crippen LogP contribution is 2.44. The number of alkyl halides is 3. The highest BCUT2D eigenvalue weighted by Gasteiger charge is 2.39. The maximum atomic E-state index is 12.5. The summed E-state index contributed by atoms with van der Waals surface area (Å²) < 4.78 is 37.5. The van der Waals surface area contributed by atoms with Crippen molar-refractivity contribution in [3.63, 3.8) is 0 Å². The van der Waals surface area contributed by atoms with Gasteiger partial charge in [-0.1, -0.05) is 18.6 Å². The number of aliphatic hydroxyl groups is 1. The zero-order valence-electron chi connectivity index (χ0n) is 11.7. The van der Waals surface area contributed by atoms with Crippen LogP contribution in [-0.2, 0) is 6.18 Å². The summed E-state index contributed by atoms with van der Waals surface area (Å²) in [4.78, 5) is 0. The van der Waals surface area contributed by atoms with E-state index >= 15 is 0 Å². The van der Waals surface area contributed by atoms with Gasteiger partial charge >= 0.3 is 6.18 Å². The summed E-state index contributed by atoms with van der Waals surface area (Å²) in [5, 5.41) is 13.5. The molecule has 0 saturated heterocycles. The molecule has 2 saturated carbocycles. The predicted molar refractivity (Wildman–Crippen MR) is 73.6 cm³/mol. The summed E-state index contributed by atoms with van der Waals surface area (Å²) in [7, 11) is 0. The van der Waals surface area contributed by atoms with Crippen LogP contribution in [0, 0.1) is 11.8 Å². The molecule has 3 rings (SSSR count). The number of hydrogen-bond acceptors (Lipinski definition) is 2. The molecule has 0 spiro atoms. The number of rotatable bonds is 4. The van der Waals surface area contributed by atoms with Crippen molar-refractivity contribution in [2.45, 2.75) is 44.0 Å². The molecular weight excluding hydrogens is 279 g/mol. The van der Waals surface area contributed by atoms with Crippen molar-refractivity contribution in [1.29, 1.82) is 0 Å². The van der Waals surface area contributed by atoms with E-state index in [9.17, 15) is 18.3 Å². The summed E-state index contributed by atoms with van der Waals surface area (Å²) in [6, 6.07) is 5.23. The molecule has 0 heterocycles. The molecule has 4 unspecified atom stereocenters. The number of halogens is 3. The summed E-state index contributed by atoms with van der Waals surface area (Å²) >= 11 is 0. The molecule has 2 aliphatic carbocycles. The van der Waals surface area contributed by atoms with E-state index in [-0.39, 0.29) is 0 Å². The van der Waals surface area contributed by atoms with E-state index in [4.69, 9.17) is 0 Å². The molecule has 5 heteroatoms. The molecule has 21 heavy (non-hydrogen) atoms. The van der Waals surface area contributed by atoms with Gasteiger partial charge in [-0.05, 0) is 48.8 Å². The summed E-state index contributed by atoms with van der Waals surface area (Å²) in [6.07, 6.45) is -0.0434. The van der Waals surface area contributed by atoms with Crippen LogP contribution in [0.2, 0.25) is 0 Å². The van der Waals surface area contributed by atoms with Gasteiger partial charge in [0.1, 0.15) is 0 Å². The van der Waals surface area contributed by atoms with Gasteiger partial charge in [-0.25, -0.2) is 0 Å². The maximum Gasteiger partial charge on any atom is 0.416 e. The second-order valence-corrected chi connectivity index (χ2v) is 6.33. The third kappa shape index (κ3) is 3.24. The van der Waals surface area contributed by atoms with E-state index in [0.29, 0.717) is 18.2 Å². The lowest BCUT2D eigenvalue weighted by atomic mass is 9.95. The Bertz CT molecular complexity index is 485. The first kappa shape index (κ1) is 14.9. The van der Waals surface area contributed by atoms with Gasteiger partial charge in [-0.15, -0.1) is 0 Å². The molecule has 2 aliphatic rings. The lowest BCUT2D eigenvalue weighted by molar-refractivity contribution is -0.137. The average Bonchev–Trinajstić information content (AvgIpc) is 3.06. The number of fused-ring (bicyclic) bond motifs is 2. The van der Waals surface area contributed by atoms with E-state index in [1.165, 1.54) is 37.8 Å². The SMILES string of the molecule is OC(CNC1CC2CCC1C2)c1ccc(C(F)(F)F)cc1. The van der Waals surface area contributed by atoms with Gasteiger partial charge in [0.25, 0.3) is 0 Å². The monoisotopic (exact) mass is 299 g/mol. The van der Waals surface area contributed by atoms with Crippen LogP contribution < -0.4 is 5.32 Å². The number of aliphatic hydroxyl groups excluding tert-OH is 1. The summed E-state index contributed by atoms with van der Waals surface area (Å²) in [5.74, 6) is 1.55. The smallest absolute Gasteiger partial charge is 0.387 e. The third-order valence-electron chi connectivity index (χ3n) is 4.93. The van der Waals surface area contributed by atoms with Crippen LogP contribution in [-0.4, -0.2) is 17.7 Å². The van der Waals surface area contributed by atoms with Gasteiger partial charge in [0.2, 0.25) is 0 Å². The molecule has 4 atom stereocenters. The van der Waals surface area contributed by atoms with Gasteiger partial charge < -0.3 is 10.4 Å². The Labute approximate surface area is 122 Å². The largest absolute Gasteiger partial charge is 0.416 e. The Balaban J connectivity index is 1.54. The van der Waals surface area contributed by atoms with Crippen molar-refractivity contribution >= 4 is 0 Å². The second kappa shape index (κ2) is 5.61. The van der Waals surface area contributed by atoms with Crippen LogP contribution in [0.15, 0.2) is 24.3 Å². The molecule has 2 bridgehead atoms. The van der Waals surface area contributed by atoms with E-state index in [2.05, 4.69) is 5.32 Å². The second-order valence-electron chi connectivity index (χ2n) is 6.33. The first-order chi connectivity index (χ1) is 9.93. The van der Waals surface area contributed by atoms with Crippen LogP contribution >= 0.6 is 0 Å². The minimum atomic E-state index is -4.33. The molecule has 116 valence electrons. The van der Waals surface area contributed by atoms with Gasteiger partial charge in [-0.3, -0.25) is 0 Å². The molecule has 2 nitrogen and oxygen atoms in total. The highest BCUT2D eigenvalue weighted by molar-refractivity contribution is 5.26. The molecule has 0 radical (unpaired) electrons. The normalized spacial score (nSPS) is 29.8. The fraction of sp³-hybridized carbons (Fsp3) is 0.625. The number of nitrogens with one attached hydrogen (secondary N) is 1. The Morgan fingerprint density at radius 3 is 2.38 bits per heavy atom. The highest BCUT2D eigenvalue weighted by atomic mass is 19.4. The van der Waals surface area contributed by atoms with Crippen molar-refractivity contribution in [2.24, 2.45) is 11.8 Å². The average molecular weight is 299 g/mol. The molecule has 1 aromatic rings. The van der Waals surface area contributed by atoms with Crippen molar-refractivity contribution < 1.29 is 18.3 Å². The topological polar surface area (TPSA) is 32.3 Å². The minimum absolute atomic E-state index is 0.402. The predicted octanol–water partition coefficient (Wildman–Crippen LogP) is 3.52. The summed E-state index contributed by atoms with van der Waals surface area (Å²) in [5.41, 5.74) is -0.154. The maximum absolute atomic E-state index is 12.5. The van der Waals surface area contributed by atoms with E-state index in [1.807, 2.05) is 0 Å². The van der Waals surface area contributed by atoms with E-state index in [0.717, 1.165) is 24.0 Å². The first-order valence-corrected chi connectivity index (χ1v) is 7.52. The Morgan fingerprint density at radius 2 is 1.86 bits per heavy atom. The first-order valence-electron chi connectivity index (χ1n) is 7.52. The van der Waals surface area contributed by atoms with Gasteiger partial charge in [-0.2, -0.15) is 13.2 Å². The van der Waals surface area contributed by atoms with Crippen molar-refractivity contribution in [1.82, 2.24) is 5.32 Å². The van der Waals surface area contributed by atoms with Crippen molar-refractivity contribution in [3.8, 4) is 0 Å². The molecule has 0 aromatic heterocycles. The van der Waals surface area contributed by atoms with Crippen LogP contribution in [0.25, 0.3) is 0 Å². The number of benzene rings is 1.